The largest absolute Gasteiger partial charge is 0.477 e. The van der Waals surface area contributed by atoms with Crippen molar-refractivity contribution in [3.63, 3.8) is 0 Å². The summed E-state index contributed by atoms with van der Waals surface area (Å²) in [6.45, 7) is 5.05. The molecule has 12 heteroatoms. The second kappa shape index (κ2) is 14.6. The van der Waals surface area contributed by atoms with Crippen molar-refractivity contribution < 1.29 is 38.1 Å². The summed E-state index contributed by atoms with van der Waals surface area (Å²) in [7, 11) is 1.73. The minimum atomic E-state index is -1.06. The van der Waals surface area contributed by atoms with Crippen LogP contribution in [0.15, 0.2) is 24.3 Å². The van der Waals surface area contributed by atoms with Gasteiger partial charge in [0.15, 0.2) is 0 Å². The van der Waals surface area contributed by atoms with Gasteiger partial charge >= 0.3 is 12.1 Å². The molecule has 3 amide bonds. The van der Waals surface area contributed by atoms with Gasteiger partial charge in [0.05, 0.1) is 12.1 Å². The van der Waals surface area contributed by atoms with E-state index in [2.05, 4.69) is 15.6 Å². The van der Waals surface area contributed by atoms with Crippen LogP contribution in [0.4, 0.5) is 14.9 Å². The van der Waals surface area contributed by atoms with Crippen LogP contribution < -0.4 is 10.6 Å². The van der Waals surface area contributed by atoms with Crippen LogP contribution in [-0.4, -0.2) is 83.0 Å². The van der Waals surface area contributed by atoms with Gasteiger partial charge in [-0.2, -0.15) is 0 Å². The number of alkyl halides is 1. The number of nitrogens with one attached hydrogen (secondary N) is 3. The number of fused-ring (bicyclic) bond motifs is 1. The van der Waals surface area contributed by atoms with Crippen molar-refractivity contribution >= 4 is 40.5 Å². The van der Waals surface area contributed by atoms with Gasteiger partial charge in [-0.25, -0.2) is 14.0 Å². The molecule has 2 aliphatic carbocycles. The molecule has 5 rings (SSSR count). The maximum absolute atomic E-state index is 14.1. The zero-order valence-corrected chi connectivity index (χ0v) is 27.9. The molecule has 2 aromatic rings. The number of aromatic carboxylic acids is 1. The molecule has 47 heavy (non-hydrogen) atoms. The topological polar surface area (TPSA) is 150 Å². The molecule has 1 aromatic carbocycles. The van der Waals surface area contributed by atoms with Crippen LogP contribution in [-0.2, 0) is 19.1 Å². The molecule has 3 aliphatic rings. The van der Waals surface area contributed by atoms with Gasteiger partial charge in [0.25, 0.3) is 0 Å². The highest BCUT2D eigenvalue weighted by Crippen LogP contribution is 2.42. The number of benzene rings is 1. The van der Waals surface area contributed by atoms with Crippen LogP contribution >= 0.6 is 0 Å². The number of hydrogen-bond donors (Lipinski definition) is 4. The highest BCUT2D eigenvalue weighted by Gasteiger charge is 2.47. The zero-order chi connectivity index (χ0) is 33.9. The first-order valence-electron chi connectivity index (χ1n) is 16.9. The fraction of sp³-hybridized carbons (Fsp3) is 0.657. The first kappa shape index (κ1) is 34.7. The summed E-state index contributed by atoms with van der Waals surface area (Å²) >= 11 is 0. The van der Waals surface area contributed by atoms with Crippen molar-refractivity contribution in [2.75, 3.05) is 25.6 Å². The zero-order valence-electron chi connectivity index (χ0n) is 27.9. The van der Waals surface area contributed by atoms with Crippen LogP contribution in [0, 0.1) is 23.7 Å². The number of nitrogens with zero attached hydrogens (tertiary/aromatic N) is 1. The number of ether oxygens (including phenoxy) is 2. The number of methoxy groups -OCH3 is 1. The molecule has 1 aliphatic heterocycles. The number of H-pyrrole nitrogens is 1. The fourth-order valence-corrected chi connectivity index (χ4v) is 7.93. The Balaban J connectivity index is 1.28. The summed E-state index contributed by atoms with van der Waals surface area (Å²) in [4.78, 5) is 56.6. The monoisotopic (exact) mass is 656 g/mol. The van der Waals surface area contributed by atoms with Crippen molar-refractivity contribution in [2.45, 2.75) is 102 Å². The van der Waals surface area contributed by atoms with Gasteiger partial charge in [0.2, 0.25) is 11.8 Å². The lowest BCUT2D eigenvalue weighted by molar-refractivity contribution is -0.142. The summed E-state index contributed by atoms with van der Waals surface area (Å²) in [5, 5.41) is 15.7. The van der Waals surface area contributed by atoms with Gasteiger partial charge in [-0.05, 0) is 121 Å². The molecule has 258 valence electrons. The Morgan fingerprint density at radius 2 is 1.72 bits per heavy atom. The average Bonchev–Trinajstić information content (AvgIpc) is 3.68. The van der Waals surface area contributed by atoms with Gasteiger partial charge < -0.3 is 35.1 Å². The molecule has 3 atom stereocenters. The molecule has 2 heterocycles. The van der Waals surface area contributed by atoms with Crippen LogP contribution in [0.1, 0.15) is 89.0 Å². The highest BCUT2D eigenvalue weighted by atomic mass is 19.1. The molecule has 0 spiro atoms. The van der Waals surface area contributed by atoms with Crippen molar-refractivity contribution in [1.82, 2.24) is 15.2 Å². The van der Waals surface area contributed by atoms with Gasteiger partial charge in [0, 0.05) is 36.2 Å². The first-order valence-corrected chi connectivity index (χ1v) is 16.9. The number of rotatable bonds is 9. The maximum Gasteiger partial charge on any atom is 0.407 e. The number of carboxylic acid groups (broad SMARTS) is 1. The Labute approximate surface area is 275 Å². The standard InChI is InChI=1S/C35H49FN4O7/c1-35(2,3)47-34(45)39-29(19-36)21-5-7-22(8-6-21)32(42)40-16-15-26(20-9-12-25(46-4)13-10-20)30(40)31(41)37-24-11-14-27-23(17-24)18-28(38-27)33(43)44/h11,14,17-18,20-22,25-26,29-30,38H,5-10,12-13,15-16,19H2,1-4H3,(H,37,41)(H,39,45)(H,43,44)/t20?,21?,22?,25?,26-,29+,30-/m0/s1. The highest BCUT2D eigenvalue weighted by molar-refractivity contribution is 6.00. The molecular formula is C35H49FN4O7. The Hall–Kier alpha value is -3.67. The van der Waals surface area contributed by atoms with E-state index in [9.17, 15) is 28.7 Å². The number of halogens is 1. The number of carboxylic acids is 1. The lowest BCUT2D eigenvalue weighted by Crippen LogP contribution is -2.50. The maximum atomic E-state index is 14.1. The van der Waals surface area contributed by atoms with E-state index >= 15 is 0 Å². The second-order valence-corrected chi connectivity index (χ2v) is 14.5. The third-order valence-electron chi connectivity index (χ3n) is 10.3. The summed E-state index contributed by atoms with van der Waals surface area (Å²) in [6, 6.07) is 5.43. The van der Waals surface area contributed by atoms with Crippen LogP contribution in [0.2, 0.25) is 0 Å². The summed E-state index contributed by atoms with van der Waals surface area (Å²) in [6.07, 6.45) is 6.31. The number of carbonyl (C=O) groups is 4. The van der Waals surface area contributed by atoms with Crippen LogP contribution in [0.3, 0.4) is 0 Å². The number of aromatic amines is 1. The van der Waals surface area contributed by atoms with E-state index in [0.29, 0.717) is 54.7 Å². The Kier molecular flexibility index (Phi) is 10.8. The molecular weight excluding hydrogens is 607 g/mol. The van der Waals surface area contributed by atoms with Crippen molar-refractivity contribution in [3.8, 4) is 0 Å². The minimum absolute atomic E-state index is 0.0108. The quantitative estimate of drug-likeness (QED) is 0.263. The summed E-state index contributed by atoms with van der Waals surface area (Å²) in [5.41, 5.74) is 0.566. The van der Waals surface area contributed by atoms with Gasteiger partial charge in [-0.1, -0.05) is 0 Å². The molecule has 4 N–H and O–H groups in total. The van der Waals surface area contributed by atoms with Gasteiger partial charge in [-0.3, -0.25) is 9.59 Å². The average molecular weight is 657 g/mol. The predicted octanol–water partition coefficient (Wildman–Crippen LogP) is 5.90. The number of likely N-dealkylation sites (tertiary alicyclic amines) is 1. The van der Waals surface area contributed by atoms with Crippen LogP contribution in [0.5, 0.6) is 0 Å². The van der Waals surface area contributed by atoms with E-state index in [1.54, 1.807) is 51.0 Å². The van der Waals surface area contributed by atoms with Gasteiger partial charge in [-0.15, -0.1) is 0 Å². The minimum Gasteiger partial charge on any atom is -0.477 e. The van der Waals surface area contributed by atoms with E-state index in [0.717, 1.165) is 32.1 Å². The van der Waals surface area contributed by atoms with E-state index < -0.39 is 36.4 Å². The van der Waals surface area contributed by atoms with Crippen molar-refractivity contribution in [3.05, 3.63) is 30.0 Å². The number of hydrogen-bond acceptors (Lipinski definition) is 6. The van der Waals surface area contributed by atoms with E-state index in [1.165, 1.54) is 6.07 Å². The van der Waals surface area contributed by atoms with Gasteiger partial charge in [0.1, 0.15) is 24.0 Å². The predicted molar refractivity (Wildman–Crippen MR) is 175 cm³/mol. The number of aromatic nitrogens is 1. The summed E-state index contributed by atoms with van der Waals surface area (Å²) < 4.78 is 24.9. The lowest BCUT2D eigenvalue weighted by atomic mass is 9.75. The lowest BCUT2D eigenvalue weighted by Gasteiger charge is -2.38. The second-order valence-electron chi connectivity index (χ2n) is 14.5. The molecule has 1 aromatic heterocycles. The number of carbonyl (C=O) groups excluding carboxylic acids is 3. The number of anilines is 1. The Morgan fingerprint density at radius 3 is 2.34 bits per heavy atom. The van der Waals surface area contributed by atoms with E-state index in [4.69, 9.17) is 9.47 Å². The molecule has 2 saturated carbocycles. The number of alkyl carbamates (subject to hydrolysis) is 1. The van der Waals surface area contributed by atoms with Crippen molar-refractivity contribution in [1.29, 1.82) is 0 Å². The molecule has 0 radical (unpaired) electrons. The third-order valence-corrected chi connectivity index (χ3v) is 10.3. The van der Waals surface area contributed by atoms with E-state index in [1.807, 2.05) is 0 Å². The Bertz CT molecular complexity index is 1440. The molecule has 0 bridgehead atoms. The molecule has 1 saturated heterocycles. The Morgan fingerprint density at radius 1 is 1.02 bits per heavy atom. The first-order chi connectivity index (χ1) is 22.4. The SMILES string of the molecule is COC1CCC([C@@H]2CCN(C(=O)C3CCC([C@@H](CF)NC(=O)OC(C)(C)C)CC3)[C@@H]2C(=O)Nc2ccc3[nH]c(C(=O)O)cc3c2)CC1. The number of amides is 3. The van der Waals surface area contributed by atoms with Crippen LogP contribution in [0.25, 0.3) is 10.9 Å². The molecule has 11 nitrogen and oxygen atoms in total. The third kappa shape index (κ3) is 8.25. The van der Waals surface area contributed by atoms with Crippen molar-refractivity contribution in [2.24, 2.45) is 23.7 Å². The normalized spacial score (nSPS) is 27.3. The fourth-order valence-electron chi connectivity index (χ4n) is 7.93. The smallest absolute Gasteiger partial charge is 0.407 e. The molecule has 0 unspecified atom stereocenters. The summed E-state index contributed by atoms with van der Waals surface area (Å²) in [5.74, 6) is -1.43. The van der Waals surface area contributed by atoms with E-state index in [-0.39, 0.29) is 41.4 Å². The molecule has 3 fully saturated rings.